The van der Waals surface area contributed by atoms with Gasteiger partial charge in [0.15, 0.2) is 0 Å². The maximum Gasteiger partial charge on any atom is 0.262 e. The number of halogens is 1. The molecule has 1 N–H and O–H groups in total. The first-order valence-electron chi connectivity index (χ1n) is 7.48. The molecule has 120 valence electrons. The molecule has 5 nitrogen and oxygen atoms in total. The summed E-state index contributed by atoms with van der Waals surface area (Å²) >= 11 is 5.25. The lowest BCUT2D eigenvalue weighted by Gasteiger charge is -2.10. The third-order valence-corrected chi connectivity index (χ3v) is 4.31. The summed E-state index contributed by atoms with van der Waals surface area (Å²) in [6, 6.07) is 14.0. The highest BCUT2D eigenvalue weighted by molar-refractivity contribution is 7.71. The van der Waals surface area contributed by atoms with E-state index in [1.165, 1.54) is 18.2 Å². The van der Waals surface area contributed by atoms with Gasteiger partial charge in [-0.15, -0.1) is 5.10 Å². The number of fused-ring (bicyclic) bond motifs is 3. The van der Waals surface area contributed by atoms with Gasteiger partial charge in [0, 0.05) is 6.54 Å². The van der Waals surface area contributed by atoms with Crippen molar-refractivity contribution in [1.29, 1.82) is 0 Å². The Labute approximate surface area is 141 Å². The second-order valence-electron chi connectivity index (χ2n) is 5.52. The van der Waals surface area contributed by atoms with Crippen LogP contribution in [0.4, 0.5) is 4.39 Å². The van der Waals surface area contributed by atoms with E-state index in [2.05, 4.69) is 10.2 Å². The molecule has 0 spiro atoms. The molecular formula is C17H13FN4OS. The second-order valence-corrected chi connectivity index (χ2v) is 5.90. The molecule has 0 bridgehead atoms. The van der Waals surface area contributed by atoms with E-state index in [1.54, 1.807) is 8.97 Å². The van der Waals surface area contributed by atoms with Gasteiger partial charge in [0.2, 0.25) is 10.5 Å². The van der Waals surface area contributed by atoms with Gasteiger partial charge in [0.25, 0.3) is 5.56 Å². The van der Waals surface area contributed by atoms with Crippen molar-refractivity contribution in [3.63, 3.8) is 0 Å². The van der Waals surface area contributed by atoms with Gasteiger partial charge >= 0.3 is 0 Å². The van der Waals surface area contributed by atoms with Crippen LogP contribution in [0.25, 0.3) is 16.7 Å². The van der Waals surface area contributed by atoms with Crippen molar-refractivity contribution < 1.29 is 4.39 Å². The number of aryl methyl sites for hydroxylation is 2. The van der Waals surface area contributed by atoms with E-state index in [0.717, 1.165) is 5.56 Å². The first-order valence-corrected chi connectivity index (χ1v) is 7.89. The van der Waals surface area contributed by atoms with E-state index < -0.39 is 5.82 Å². The zero-order valence-corrected chi connectivity index (χ0v) is 13.4. The molecule has 0 aliphatic rings. The Bertz CT molecular complexity index is 1160. The average molecular weight is 340 g/mol. The second kappa shape index (κ2) is 5.68. The summed E-state index contributed by atoms with van der Waals surface area (Å²) < 4.78 is 17.1. The Hall–Kier alpha value is -2.80. The molecule has 0 fully saturated rings. The van der Waals surface area contributed by atoms with Gasteiger partial charge in [-0.3, -0.25) is 13.8 Å². The molecule has 0 saturated carbocycles. The van der Waals surface area contributed by atoms with Crippen LogP contribution in [0.1, 0.15) is 5.56 Å². The molecule has 0 aliphatic carbocycles. The third-order valence-electron chi connectivity index (χ3n) is 4.04. The predicted octanol–water partition coefficient (Wildman–Crippen LogP) is 3.09. The average Bonchev–Trinajstić information content (AvgIpc) is 2.97. The maximum atomic E-state index is 13.6. The van der Waals surface area contributed by atoms with Crippen molar-refractivity contribution in [3.8, 4) is 0 Å². The summed E-state index contributed by atoms with van der Waals surface area (Å²) in [6.07, 6.45) is 0.683. The van der Waals surface area contributed by atoms with E-state index in [4.69, 9.17) is 12.2 Å². The summed E-state index contributed by atoms with van der Waals surface area (Å²) in [6.45, 7) is 0.458. The fourth-order valence-corrected chi connectivity index (χ4v) is 3.11. The minimum atomic E-state index is -0.423. The number of nitrogens with one attached hydrogen (secondary N) is 1. The van der Waals surface area contributed by atoms with Gasteiger partial charge in [-0.2, -0.15) is 0 Å². The molecule has 0 atom stereocenters. The molecule has 0 radical (unpaired) electrons. The van der Waals surface area contributed by atoms with Crippen LogP contribution in [0.3, 0.4) is 0 Å². The fourth-order valence-electron chi connectivity index (χ4n) is 2.88. The normalized spacial score (nSPS) is 11.4. The molecular weight excluding hydrogens is 327 g/mol. The molecule has 2 aromatic carbocycles. The maximum absolute atomic E-state index is 13.6. The van der Waals surface area contributed by atoms with Gasteiger partial charge in [0.05, 0.1) is 10.9 Å². The first kappa shape index (κ1) is 14.8. The number of nitrogens with zero attached hydrogens (tertiary/aromatic N) is 3. The molecule has 7 heteroatoms. The van der Waals surface area contributed by atoms with Crippen LogP contribution in [0, 0.1) is 10.6 Å². The highest BCUT2D eigenvalue weighted by Gasteiger charge is 2.14. The van der Waals surface area contributed by atoms with Crippen LogP contribution in [-0.2, 0) is 13.0 Å². The SMILES string of the molecule is O=c1c2ccc(F)cc2n2c(=S)[nH]nc2n1CCc1ccccc1. The molecule has 2 heterocycles. The quantitative estimate of drug-likeness (QED) is 0.583. The van der Waals surface area contributed by atoms with Crippen molar-refractivity contribution in [3.05, 3.63) is 75.0 Å². The van der Waals surface area contributed by atoms with Gasteiger partial charge in [0.1, 0.15) is 5.82 Å². The fraction of sp³-hybridized carbons (Fsp3) is 0.118. The first-order chi connectivity index (χ1) is 11.6. The third kappa shape index (κ3) is 2.33. The smallest absolute Gasteiger partial charge is 0.262 e. The van der Waals surface area contributed by atoms with E-state index in [9.17, 15) is 9.18 Å². The molecule has 4 rings (SSSR count). The van der Waals surface area contributed by atoms with Gasteiger partial charge < -0.3 is 0 Å². The summed E-state index contributed by atoms with van der Waals surface area (Å²) in [7, 11) is 0. The van der Waals surface area contributed by atoms with Crippen LogP contribution in [0.5, 0.6) is 0 Å². The highest BCUT2D eigenvalue weighted by Crippen LogP contribution is 2.15. The highest BCUT2D eigenvalue weighted by atomic mass is 32.1. The standard InChI is InChI=1S/C17H13FN4OS/c18-12-6-7-13-14(10-12)22-16(19-20-17(22)24)21(15(13)23)9-8-11-4-2-1-3-5-11/h1-7,10H,8-9H2,(H,20,24). The van der Waals surface area contributed by atoms with Crippen molar-refractivity contribution >= 4 is 28.9 Å². The number of H-pyrrole nitrogens is 1. The number of rotatable bonds is 3. The van der Waals surface area contributed by atoms with Crippen LogP contribution >= 0.6 is 12.2 Å². The Balaban J connectivity index is 1.94. The number of benzene rings is 2. The topological polar surface area (TPSA) is 55.1 Å². The number of aromatic nitrogens is 4. The number of hydrogen-bond acceptors (Lipinski definition) is 3. The Morgan fingerprint density at radius 2 is 1.96 bits per heavy atom. The lowest BCUT2D eigenvalue weighted by atomic mass is 10.1. The zero-order chi connectivity index (χ0) is 16.7. The van der Waals surface area contributed by atoms with Crippen molar-refractivity contribution in [2.24, 2.45) is 0 Å². The van der Waals surface area contributed by atoms with Crippen molar-refractivity contribution in [2.45, 2.75) is 13.0 Å². The Morgan fingerprint density at radius 3 is 2.75 bits per heavy atom. The predicted molar refractivity (Wildman–Crippen MR) is 92.2 cm³/mol. The Morgan fingerprint density at radius 1 is 1.17 bits per heavy atom. The van der Waals surface area contributed by atoms with E-state index in [1.807, 2.05) is 30.3 Å². The molecule has 0 unspecified atom stereocenters. The zero-order valence-electron chi connectivity index (χ0n) is 12.6. The van der Waals surface area contributed by atoms with Crippen LogP contribution in [0.15, 0.2) is 53.3 Å². The molecule has 24 heavy (non-hydrogen) atoms. The summed E-state index contributed by atoms with van der Waals surface area (Å²) in [5.41, 5.74) is 1.34. The molecule has 0 amide bonds. The monoisotopic (exact) mass is 340 g/mol. The molecule has 4 aromatic rings. The Kier molecular flexibility index (Phi) is 3.50. The lowest BCUT2D eigenvalue weighted by molar-refractivity contribution is 0.628. The van der Waals surface area contributed by atoms with Gasteiger partial charge in [-0.05, 0) is 42.4 Å². The lowest BCUT2D eigenvalue weighted by Crippen LogP contribution is -2.24. The number of hydrogen-bond donors (Lipinski definition) is 1. The van der Waals surface area contributed by atoms with Crippen LogP contribution in [-0.4, -0.2) is 19.2 Å². The summed E-state index contributed by atoms with van der Waals surface area (Å²) in [5.74, 6) is -0.0348. The molecule has 0 saturated heterocycles. The minimum Gasteiger partial charge on any atom is -0.276 e. The largest absolute Gasteiger partial charge is 0.276 e. The summed E-state index contributed by atoms with van der Waals surface area (Å²) in [5, 5.41) is 7.26. The van der Waals surface area contributed by atoms with Gasteiger partial charge in [-0.25, -0.2) is 9.49 Å². The minimum absolute atomic E-state index is 0.206. The van der Waals surface area contributed by atoms with E-state index >= 15 is 0 Å². The van der Waals surface area contributed by atoms with Crippen LogP contribution < -0.4 is 5.56 Å². The molecule has 2 aromatic heterocycles. The number of aromatic amines is 1. The summed E-state index contributed by atoms with van der Waals surface area (Å²) in [4.78, 5) is 12.8. The molecule has 0 aliphatic heterocycles. The van der Waals surface area contributed by atoms with Gasteiger partial charge in [-0.1, -0.05) is 30.3 Å². The van der Waals surface area contributed by atoms with Crippen molar-refractivity contribution in [1.82, 2.24) is 19.2 Å². The van der Waals surface area contributed by atoms with Crippen molar-refractivity contribution in [2.75, 3.05) is 0 Å². The van der Waals surface area contributed by atoms with E-state index in [0.29, 0.717) is 34.4 Å². The van der Waals surface area contributed by atoms with Crippen LogP contribution in [0.2, 0.25) is 0 Å². The van der Waals surface area contributed by atoms with E-state index in [-0.39, 0.29) is 5.56 Å².